The number of rotatable bonds is 6. The van der Waals surface area contributed by atoms with Crippen molar-refractivity contribution in [1.29, 1.82) is 0 Å². The fraction of sp³-hybridized carbons (Fsp3) is 0.600. The number of fused-ring (bicyclic) bond motifs is 1. The standard InChI is InChI=1S/C20H30N4O2S/c1-3-27-20(8-10-26-11-9-20)14-23-19(21-2)22-13-15-12-18(25)24-17-7-5-4-6-16(15)17/h4-7,15H,3,8-14H2,1-2H3,(H,24,25)(H2,21,22,23). The second kappa shape index (κ2) is 9.46. The zero-order valence-electron chi connectivity index (χ0n) is 16.2. The molecule has 1 aromatic rings. The van der Waals surface area contributed by atoms with Crippen molar-refractivity contribution in [1.82, 2.24) is 10.6 Å². The van der Waals surface area contributed by atoms with Gasteiger partial charge in [-0.1, -0.05) is 25.1 Å². The zero-order chi connectivity index (χ0) is 19.1. The highest BCUT2D eigenvalue weighted by atomic mass is 32.2. The molecule has 7 heteroatoms. The van der Waals surface area contributed by atoms with E-state index in [1.165, 1.54) is 5.56 Å². The van der Waals surface area contributed by atoms with Crippen molar-refractivity contribution in [2.24, 2.45) is 4.99 Å². The Labute approximate surface area is 165 Å². The Bertz CT molecular complexity index is 668. The average Bonchev–Trinajstić information content (AvgIpc) is 2.69. The highest BCUT2D eigenvalue weighted by Gasteiger charge is 2.33. The summed E-state index contributed by atoms with van der Waals surface area (Å²) in [7, 11) is 1.79. The van der Waals surface area contributed by atoms with Crippen molar-refractivity contribution in [2.75, 3.05) is 44.4 Å². The van der Waals surface area contributed by atoms with Gasteiger partial charge in [0.25, 0.3) is 0 Å². The van der Waals surface area contributed by atoms with Gasteiger partial charge in [-0.05, 0) is 30.2 Å². The summed E-state index contributed by atoms with van der Waals surface area (Å²) in [5.74, 6) is 2.11. The molecular formula is C20H30N4O2S. The molecule has 3 N–H and O–H groups in total. The summed E-state index contributed by atoms with van der Waals surface area (Å²) >= 11 is 2.01. The molecule has 0 saturated carbocycles. The molecule has 1 unspecified atom stereocenters. The first-order valence-electron chi connectivity index (χ1n) is 9.71. The van der Waals surface area contributed by atoms with Crippen molar-refractivity contribution in [2.45, 2.75) is 36.9 Å². The second-order valence-corrected chi connectivity index (χ2v) is 8.80. The van der Waals surface area contributed by atoms with Gasteiger partial charge in [0.1, 0.15) is 0 Å². The molecule has 0 aliphatic carbocycles. The number of anilines is 1. The lowest BCUT2D eigenvalue weighted by Crippen LogP contribution is -2.49. The minimum absolute atomic E-state index is 0.0731. The quantitative estimate of drug-likeness (QED) is 0.514. The number of thioether (sulfide) groups is 1. The highest BCUT2D eigenvalue weighted by Crippen LogP contribution is 2.35. The minimum atomic E-state index is 0.0731. The minimum Gasteiger partial charge on any atom is -0.381 e. The number of aliphatic imine (C=N–C) groups is 1. The van der Waals surface area contributed by atoms with Crippen LogP contribution in [0.1, 0.15) is 37.7 Å². The molecule has 0 bridgehead atoms. The van der Waals surface area contributed by atoms with Crippen molar-refractivity contribution in [3.05, 3.63) is 29.8 Å². The number of para-hydroxylation sites is 1. The van der Waals surface area contributed by atoms with Crippen LogP contribution in [0.15, 0.2) is 29.3 Å². The normalized spacial score (nSPS) is 21.9. The van der Waals surface area contributed by atoms with E-state index in [1.54, 1.807) is 7.05 Å². The lowest BCUT2D eigenvalue weighted by molar-refractivity contribution is -0.116. The van der Waals surface area contributed by atoms with E-state index in [-0.39, 0.29) is 16.6 Å². The van der Waals surface area contributed by atoms with Gasteiger partial charge < -0.3 is 20.7 Å². The lowest BCUT2D eigenvalue weighted by Gasteiger charge is -2.37. The van der Waals surface area contributed by atoms with E-state index in [1.807, 2.05) is 30.0 Å². The first-order chi connectivity index (χ1) is 13.2. The predicted molar refractivity (Wildman–Crippen MR) is 113 cm³/mol. The summed E-state index contributed by atoms with van der Waals surface area (Å²) in [5.41, 5.74) is 2.10. The van der Waals surface area contributed by atoms with Crippen LogP contribution in [0, 0.1) is 0 Å². The van der Waals surface area contributed by atoms with Crippen LogP contribution in [0.2, 0.25) is 0 Å². The monoisotopic (exact) mass is 390 g/mol. The Morgan fingerprint density at radius 3 is 2.85 bits per heavy atom. The largest absolute Gasteiger partial charge is 0.381 e. The summed E-state index contributed by atoms with van der Waals surface area (Å²) < 4.78 is 5.76. The van der Waals surface area contributed by atoms with E-state index in [2.05, 4.69) is 33.9 Å². The number of carbonyl (C=O) groups is 1. The van der Waals surface area contributed by atoms with Gasteiger partial charge in [0, 0.05) is 56.1 Å². The number of ether oxygens (including phenoxy) is 1. The van der Waals surface area contributed by atoms with Crippen molar-refractivity contribution < 1.29 is 9.53 Å². The fourth-order valence-corrected chi connectivity index (χ4v) is 5.03. The smallest absolute Gasteiger partial charge is 0.225 e. The third-order valence-electron chi connectivity index (χ3n) is 5.28. The summed E-state index contributed by atoms with van der Waals surface area (Å²) in [5, 5.41) is 9.87. The number of hydrogen-bond acceptors (Lipinski definition) is 4. The second-order valence-electron chi connectivity index (χ2n) is 7.07. The van der Waals surface area contributed by atoms with Crippen LogP contribution < -0.4 is 16.0 Å². The van der Waals surface area contributed by atoms with E-state index in [9.17, 15) is 4.79 Å². The van der Waals surface area contributed by atoms with Crippen LogP contribution >= 0.6 is 11.8 Å². The van der Waals surface area contributed by atoms with Gasteiger partial charge in [-0.25, -0.2) is 0 Å². The molecular weight excluding hydrogens is 360 g/mol. The summed E-state index contributed by atoms with van der Waals surface area (Å²) in [6.07, 6.45) is 2.62. The Hall–Kier alpha value is -1.73. The SMILES string of the molecule is CCSC1(CNC(=NC)NCC2CC(=O)Nc3ccccc32)CCOCC1. The molecule has 1 saturated heterocycles. The molecule has 1 fully saturated rings. The van der Waals surface area contributed by atoms with Crippen molar-refractivity contribution in [3.63, 3.8) is 0 Å². The summed E-state index contributed by atoms with van der Waals surface area (Å²) in [4.78, 5) is 16.4. The molecule has 2 aliphatic heterocycles. The van der Waals surface area contributed by atoms with E-state index in [4.69, 9.17) is 4.74 Å². The van der Waals surface area contributed by atoms with Crippen LogP contribution in [0.3, 0.4) is 0 Å². The molecule has 1 aromatic carbocycles. The molecule has 148 valence electrons. The van der Waals surface area contributed by atoms with Gasteiger partial charge in [-0.15, -0.1) is 0 Å². The molecule has 0 aromatic heterocycles. The number of amides is 1. The topological polar surface area (TPSA) is 74.8 Å². The number of nitrogens with one attached hydrogen (secondary N) is 3. The average molecular weight is 391 g/mol. The molecule has 2 aliphatic rings. The van der Waals surface area contributed by atoms with Gasteiger partial charge in [-0.3, -0.25) is 9.79 Å². The van der Waals surface area contributed by atoms with Crippen molar-refractivity contribution >= 4 is 29.3 Å². The van der Waals surface area contributed by atoms with Gasteiger partial charge in [0.05, 0.1) is 0 Å². The summed E-state index contributed by atoms with van der Waals surface area (Å²) in [6.45, 7) is 5.42. The maximum absolute atomic E-state index is 12.0. The highest BCUT2D eigenvalue weighted by molar-refractivity contribution is 8.00. The van der Waals surface area contributed by atoms with Gasteiger partial charge in [0.15, 0.2) is 5.96 Å². The van der Waals surface area contributed by atoms with Gasteiger partial charge >= 0.3 is 0 Å². The number of benzene rings is 1. The maximum Gasteiger partial charge on any atom is 0.225 e. The molecule has 3 rings (SSSR count). The van der Waals surface area contributed by atoms with Crippen LogP contribution in [0.5, 0.6) is 0 Å². The van der Waals surface area contributed by atoms with E-state index in [0.29, 0.717) is 13.0 Å². The third kappa shape index (κ3) is 5.17. The molecule has 27 heavy (non-hydrogen) atoms. The number of carbonyl (C=O) groups excluding carboxylic acids is 1. The number of nitrogens with zero attached hydrogens (tertiary/aromatic N) is 1. The molecule has 0 radical (unpaired) electrons. The molecule has 1 atom stereocenters. The zero-order valence-corrected chi connectivity index (χ0v) is 17.0. The lowest BCUT2D eigenvalue weighted by atomic mass is 9.90. The first kappa shape index (κ1) is 20.0. The van der Waals surface area contributed by atoms with Crippen molar-refractivity contribution in [3.8, 4) is 0 Å². The summed E-state index contributed by atoms with van der Waals surface area (Å²) in [6, 6.07) is 8.02. The van der Waals surface area contributed by atoms with Crippen LogP contribution in [0.4, 0.5) is 5.69 Å². The van der Waals surface area contributed by atoms with Crippen LogP contribution in [-0.2, 0) is 9.53 Å². The maximum atomic E-state index is 12.0. The van der Waals surface area contributed by atoms with Crippen LogP contribution in [0.25, 0.3) is 0 Å². The van der Waals surface area contributed by atoms with E-state index >= 15 is 0 Å². The molecule has 0 spiro atoms. The fourth-order valence-electron chi connectivity index (χ4n) is 3.79. The molecule has 6 nitrogen and oxygen atoms in total. The first-order valence-corrected chi connectivity index (χ1v) is 10.7. The molecule has 2 heterocycles. The molecule has 1 amide bonds. The van der Waals surface area contributed by atoms with E-state index in [0.717, 1.165) is 50.0 Å². The van der Waals surface area contributed by atoms with Crippen LogP contribution in [-0.4, -0.2) is 55.7 Å². The predicted octanol–water partition coefficient (Wildman–Crippen LogP) is 2.58. The van der Waals surface area contributed by atoms with Gasteiger partial charge in [-0.2, -0.15) is 11.8 Å². The Morgan fingerprint density at radius 2 is 2.11 bits per heavy atom. The third-order valence-corrected chi connectivity index (χ3v) is 6.73. The Kier molecular flexibility index (Phi) is 7.01. The van der Waals surface area contributed by atoms with E-state index < -0.39 is 0 Å². The number of guanidine groups is 1. The Morgan fingerprint density at radius 1 is 1.33 bits per heavy atom. The Balaban J connectivity index is 1.57. The van der Waals surface area contributed by atoms with Gasteiger partial charge in [0.2, 0.25) is 5.91 Å². The number of hydrogen-bond donors (Lipinski definition) is 3.